The SMILES string of the molecule is Cc1nc(Oc2ccc(NC(=O)c3ccc(-c4ccccc4)cc3)cc2)cc(-n2cccn2)n1. The lowest BCUT2D eigenvalue weighted by molar-refractivity contribution is 0.102. The number of anilines is 1. The highest BCUT2D eigenvalue weighted by Crippen LogP contribution is 2.24. The van der Waals surface area contributed by atoms with E-state index in [0.29, 0.717) is 34.5 Å². The van der Waals surface area contributed by atoms with E-state index in [2.05, 4.69) is 20.4 Å². The summed E-state index contributed by atoms with van der Waals surface area (Å²) in [6.45, 7) is 1.80. The van der Waals surface area contributed by atoms with E-state index in [9.17, 15) is 4.79 Å². The standard InChI is InChI=1S/C27H21N5O2/c1-19-29-25(32-17-5-16-28-32)18-26(30-19)34-24-14-12-23(13-15-24)31-27(33)22-10-8-21(9-11-22)20-6-3-2-4-7-20/h2-18H,1H3,(H,31,33). The number of aryl methyl sites for hydroxylation is 1. The average Bonchev–Trinajstić information content (AvgIpc) is 3.41. The maximum Gasteiger partial charge on any atom is 0.255 e. The molecule has 0 saturated heterocycles. The maximum absolute atomic E-state index is 12.7. The Balaban J connectivity index is 1.25. The van der Waals surface area contributed by atoms with E-state index in [-0.39, 0.29) is 5.91 Å². The normalized spacial score (nSPS) is 10.6. The first-order chi connectivity index (χ1) is 16.6. The van der Waals surface area contributed by atoms with E-state index < -0.39 is 0 Å². The number of amides is 1. The van der Waals surface area contributed by atoms with Gasteiger partial charge >= 0.3 is 0 Å². The van der Waals surface area contributed by atoms with Crippen LogP contribution in [0.15, 0.2) is 103 Å². The van der Waals surface area contributed by atoms with Crippen LogP contribution in [-0.4, -0.2) is 25.7 Å². The number of nitrogens with one attached hydrogen (secondary N) is 1. The van der Waals surface area contributed by atoms with Crippen LogP contribution in [0, 0.1) is 6.92 Å². The second kappa shape index (κ2) is 9.38. The molecule has 1 N–H and O–H groups in total. The van der Waals surface area contributed by atoms with E-state index in [1.54, 1.807) is 54.3 Å². The summed E-state index contributed by atoms with van der Waals surface area (Å²) in [5.74, 6) is 2.02. The van der Waals surface area contributed by atoms with Crippen LogP contribution in [0.2, 0.25) is 0 Å². The van der Waals surface area contributed by atoms with E-state index in [1.807, 2.05) is 60.7 Å². The molecule has 0 aliphatic rings. The van der Waals surface area contributed by atoms with Gasteiger partial charge in [0.25, 0.3) is 5.91 Å². The Bertz CT molecular complexity index is 1400. The van der Waals surface area contributed by atoms with Crippen LogP contribution in [0.5, 0.6) is 11.6 Å². The van der Waals surface area contributed by atoms with E-state index >= 15 is 0 Å². The molecule has 0 fully saturated rings. The largest absolute Gasteiger partial charge is 0.439 e. The molecule has 0 aliphatic heterocycles. The van der Waals surface area contributed by atoms with Gasteiger partial charge in [0.2, 0.25) is 5.88 Å². The lowest BCUT2D eigenvalue weighted by Crippen LogP contribution is -2.11. The second-order valence-corrected chi connectivity index (χ2v) is 7.59. The van der Waals surface area contributed by atoms with Crippen molar-refractivity contribution in [2.45, 2.75) is 6.92 Å². The summed E-state index contributed by atoms with van der Waals surface area (Å²) < 4.78 is 7.54. The average molecular weight is 447 g/mol. The summed E-state index contributed by atoms with van der Waals surface area (Å²) in [6.07, 6.45) is 3.49. The number of hydrogen-bond acceptors (Lipinski definition) is 5. The molecule has 3 aromatic carbocycles. The molecule has 0 atom stereocenters. The Morgan fingerprint density at radius 3 is 2.29 bits per heavy atom. The van der Waals surface area contributed by atoms with Gasteiger partial charge in [0.05, 0.1) is 0 Å². The van der Waals surface area contributed by atoms with E-state index in [1.165, 1.54) is 0 Å². The summed E-state index contributed by atoms with van der Waals surface area (Å²) >= 11 is 0. The molecule has 2 aromatic heterocycles. The van der Waals surface area contributed by atoms with E-state index in [0.717, 1.165) is 11.1 Å². The molecule has 166 valence electrons. The fourth-order valence-electron chi connectivity index (χ4n) is 3.47. The monoisotopic (exact) mass is 447 g/mol. The molecular weight excluding hydrogens is 426 g/mol. The van der Waals surface area contributed by atoms with Crippen molar-refractivity contribution < 1.29 is 9.53 Å². The third kappa shape index (κ3) is 4.83. The van der Waals surface area contributed by atoms with Gasteiger partial charge in [-0.1, -0.05) is 42.5 Å². The molecule has 0 radical (unpaired) electrons. The van der Waals surface area contributed by atoms with Gasteiger partial charge in [-0.15, -0.1) is 0 Å². The maximum atomic E-state index is 12.7. The van der Waals surface area contributed by atoms with Gasteiger partial charge in [-0.3, -0.25) is 4.79 Å². The summed E-state index contributed by atoms with van der Waals surface area (Å²) in [4.78, 5) is 21.4. The number of rotatable bonds is 6. The van der Waals surface area contributed by atoms with Crippen molar-refractivity contribution >= 4 is 11.6 Å². The number of benzene rings is 3. The Labute approximate surface area is 196 Å². The zero-order valence-electron chi connectivity index (χ0n) is 18.4. The minimum atomic E-state index is -0.177. The van der Waals surface area contributed by atoms with Gasteiger partial charge in [0.15, 0.2) is 5.82 Å². The molecule has 34 heavy (non-hydrogen) atoms. The van der Waals surface area contributed by atoms with Gasteiger partial charge in [-0.05, 0) is 60.5 Å². The van der Waals surface area contributed by atoms with Crippen LogP contribution >= 0.6 is 0 Å². The molecule has 0 spiro atoms. The van der Waals surface area contributed by atoms with Crippen molar-refractivity contribution in [3.8, 4) is 28.6 Å². The van der Waals surface area contributed by atoms with E-state index in [4.69, 9.17) is 4.74 Å². The molecule has 7 heteroatoms. The van der Waals surface area contributed by atoms with Crippen molar-refractivity contribution in [3.05, 3.63) is 115 Å². The molecule has 0 saturated carbocycles. The van der Waals surface area contributed by atoms with Gasteiger partial charge in [0, 0.05) is 29.7 Å². The van der Waals surface area contributed by atoms with Gasteiger partial charge in [-0.25, -0.2) is 9.67 Å². The van der Waals surface area contributed by atoms with Crippen LogP contribution in [-0.2, 0) is 0 Å². The molecule has 0 unspecified atom stereocenters. The first-order valence-electron chi connectivity index (χ1n) is 10.7. The highest BCUT2D eigenvalue weighted by molar-refractivity contribution is 6.04. The van der Waals surface area contributed by atoms with Crippen molar-refractivity contribution in [3.63, 3.8) is 0 Å². The topological polar surface area (TPSA) is 81.9 Å². The van der Waals surface area contributed by atoms with Crippen molar-refractivity contribution in [1.82, 2.24) is 19.7 Å². The molecule has 1 amide bonds. The Morgan fingerprint density at radius 1 is 0.853 bits per heavy atom. The number of carbonyl (C=O) groups excluding carboxylic acids is 1. The van der Waals surface area contributed by atoms with Gasteiger partial charge in [-0.2, -0.15) is 10.1 Å². The van der Waals surface area contributed by atoms with Gasteiger partial charge in [0.1, 0.15) is 11.6 Å². The minimum Gasteiger partial charge on any atom is -0.439 e. The van der Waals surface area contributed by atoms with Crippen LogP contribution < -0.4 is 10.1 Å². The third-order valence-electron chi connectivity index (χ3n) is 5.13. The van der Waals surface area contributed by atoms with Crippen LogP contribution in [0.1, 0.15) is 16.2 Å². The van der Waals surface area contributed by atoms with Crippen molar-refractivity contribution in [1.29, 1.82) is 0 Å². The fourth-order valence-corrected chi connectivity index (χ4v) is 3.47. The Hall–Kier alpha value is -4.78. The lowest BCUT2D eigenvalue weighted by Gasteiger charge is -2.10. The van der Waals surface area contributed by atoms with Crippen molar-refractivity contribution in [2.75, 3.05) is 5.32 Å². The molecule has 2 heterocycles. The molecule has 0 bridgehead atoms. The smallest absolute Gasteiger partial charge is 0.255 e. The molecule has 5 rings (SSSR count). The summed E-state index contributed by atoms with van der Waals surface area (Å²) in [6, 6.07) is 28.3. The lowest BCUT2D eigenvalue weighted by atomic mass is 10.0. The number of aromatic nitrogens is 4. The highest BCUT2D eigenvalue weighted by atomic mass is 16.5. The van der Waals surface area contributed by atoms with Crippen LogP contribution in [0.4, 0.5) is 5.69 Å². The van der Waals surface area contributed by atoms with Crippen molar-refractivity contribution in [2.24, 2.45) is 0 Å². The minimum absolute atomic E-state index is 0.177. The number of ether oxygens (including phenoxy) is 1. The highest BCUT2D eigenvalue weighted by Gasteiger charge is 2.09. The first-order valence-corrected chi connectivity index (χ1v) is 10.7. The number of carbonyl (C=O) groups is 1. The number of nitrogens with zero attached hydrogens (tertiary/aromatic N) is 4. The van der Waals surface area contributed by atoms with Crippen LogP contribution in [0.3, 0.4) is 0 Å². The predicted molar refractivity (Wildman–Crippen MR) is 130 cm³/mol. The number of hydrogen-bond donors (Lipinski definition) is 1. The molecule has 7 nitrogen and oxygen atoms in total. The Morgan fingerprint density at radius 2 is 1.59 bits per heavy atom. The molecule has 5 aromatic rings. The summed E-state index contributed by atoms with van der Waals surface area (Å²) in [5.41, 5.74) is 3.43. The second-order valence-electron chi connectivity index (χ2n) is 7.59. The first kappa shape index (κ1) is 21.1. The molecular formula is C27H21N5O2. The quantitative estimate of drug-likeness (QED) is 0.362. The zero-order valence-corrected chi connectivity index (χ0v) is 18.4. The fraction of sp³-hybridized carbons (Fsp3) is 0.0370. The van der Waals surface area contributed by atoms with Crippen LogP contribution in [0.25, 0.3) is 16.9 Å². The Kier molecular flexibility index (Phi) is 5.82. The predicted octanol–water partition coefficient (Wildman–Crippen LogP) is 5.68. The zero-order chi connectivity index (χ0) is 23.3. The third-order valence-corrected chi connectivity index (χ3v) is 5.13. The summed E-state index contributed by atoms with van der Waals surface area (Å²) in [5, 5.41) is 7.10. The molecule has 0 aliphatic carbocycles. The summed E-state index contributed by atoms with van der Waals surface area (Å²) in [7, 11) is 0. The van der Waals surface area contributed by atoms with Gasteiger partial charge < -0.3 is 10.1 Å².